The van der Waals surface area contributed by atoms with Gasteiger partial charge >= 0.3 is 0 Å². The molecular weight excluding hydrogens is 316 g/mol. The fourth-order valence-corrected chi connectivity index (χ4v) is 3.09. The average Bonchev–Trinajstić information content (AvgIpc) is 2.49. The maximum absolute atomic E-state index is 12.2. The van der Waals surface area contributed by atoms with Gasteiger partial charge in [-0.15, -0.1) is 0 Å². The van der Waals surface area contributed by atoms with Gasteiger partial charge in [-0.25, -0.2) is 0 Å². The van der Waals surface area contributed by atoms with Gasteiger partial charge in [0.1, 0.15) is 0 Å². The van der Waals surface area contributed by atoms with E-state index in [2.05, 4.69) is 45.1 Å². The van der Waals surface area contributed by atoms with Crippen molar-refractivity contribution in [2.45, 2.75) is 19.3 Å². The molecule has 0 N–H and O–H groups in total. The maximum atomic E-state index is 12.2. The van der Waals surface area contributed by atoms with E-state index in [4.69, 9.17) is 0 Å². The SMILES string of the molecule is O=C(CCCc1ccccc1)N1CCN(CCBr)CC1. The minimum atomic E-state index is 0.319. The van der Waals surface area contributed by atoms with E-state index >= 15 is 0 Å². The Morgan fingerprint density at radius 2 is 1.80 bits per heavy atom. The zero-order chi connectivity index (χ0) is 14.2. The quantitative estimate of drug-likeness (QED) is 0.744. The summed E-state index contributed by atoms with van der Waals surface area (Å²) in [5, 5.41) is 1.01. The highest BCUT2D eigenvalue weighted by Crippen LogP contribution is 2.09. The first-order valence-electron chi connectivity index (χ1n) is 7.39. The van der Waals surface area contributed by atoms with Gasteiger partial charge in [-0.05, 0) is 18.4 Å². The number of nitrogens with zero attached hydrogens (tertiary/aromatic N) is 2. The first-order chi connectivity index (χ1) is 9.79. The van der Waals surface area contributed by atoms with Gasteiger partial charge in [0.05, 0.1) is 0 Å². The van der Waals surface area contributed by atoms with Crippen LogP contribution in [0, 0.1) is 0 Å². The molecule has 0 unspecified atom stereocenters. The first kappa shape index (κ1) is 15.5. The van der Waals surface area contributed by atoms with E-state index in [0.29, 0.717) is 12.3 Å². The third-order valence-electron chi connectivity index (χ3n) is 3.82. The Hall–Kier alpha value is -0.870. The number of hydrogen-bond acceptors (Lipinski definition) is 2. The van der Waals surface area contributed by atoms with Gasteiger partial charge < -0.3 is 4.90 Å². The largest absolute Gasteiger partial charge is 0.340 e. The molecular formula is C16H23BrN2O. The second-order valence-corrected chi connectivity index (χ2v) is 6.04. The highest BCUT2D eigenvalue weighted by molar-refractivity contribution is 9.09. The van der Waals surface area contributed by atoms with Crippen molar-refractivity contribution in [1.29, 1.82) is 0 Å². The molecule has 1 aliphatic heterocycles. The molecule has 1 aliphatic rings. The van der Waals surface area contributed by atoms with E-state index in [-0.39, 0.29) is 0 Å². The summed E-state index contributed by atoms with van der Waals surface area (Å²) in [6, 6.07) is 10.4. The molecule has 110 valence electrons. The van der Waals surface area contributed by atoms with Crippen LogP contribution < -0.4 is 0 Å². The van der Waals surface area contributed by atoms with Gasteiger partial charge in [0, 0.05) is 44.5 Å². The van der Waals surface area contributed by atoms with Crippen molar-refractivity contribution >= 4 is 21.8 Å². The van der Waals surface area contributed by atoms with Crippen LogP contribution in [0.5, 0.6) is 0 Å². The maximum Gasteiger partial charge on any atom is 0.222 e. The van der Waals surface area contributed by atoms with Crippen LogP contribution in [0.3, 0.4) is 0 Å². The summed E-state index contributed by atoms with van der Waals surface area (Å²) in [6.07, 6.45) is 2.62. The number of halogens is 1. The average molecular weight is 339 g/mol. The summed E-state index contributed by atoms with van der Waals surface area (Å²) in [5.41, 5.74) is 1.32. The highest BCUT2D eigenvalue weighted by atomic mass is 79.9. The van der Waals surface area contributed by atoms with E-state index < -0.39 is 0 Å². The van der Waals surface area contributed by atoms with E-state index in [0.717, 1.165) is 50.9 Å². The second-order valence-electron chi connectivity index (χ2n) is 5.25. The zero-order valence-electron chi connectivity index (χ0n) is 11.9. The summed E-state index contributed by atoms with van der Waals surface area (Å²) in [4.78, 5) is 16.6. The summed E-state index contributed by atoms with van der Waals surface area (Å²) in [5.74, 6) is 0.319. The van der Waals surface area contributed by atoms with E-state index in [1.807, 2.05) is 11.0 Å². The smallest absolute Gasteiger partial charge is 0.222 e. The third kappa shape index (κ3) is 4.91. The van der Waals surface area contributed by atoms with Gasteiger partial charge in [-0.3, -0.25) is 9.69 Å². The number of piperazine rings is 1. The molecule has 4 heteroatoms. The number of alkyl halides is 1. The Morgan fingerprint density at radius 1 is 1.10 bits per heavy atom. The first-order valence-corrected chi connectivity index (χ1v) is 8.52. The molecule has 1 heterocycles. The van der Waals surface area contributed by atoms with Crippen LogP contribution in [0.4, 0.5) is 0 Å². The number of carbonyl (C=O) groups excluding carboxylic acids is 1. The number of rotatable bonds is 6. The summed E-state index contributed by atoms with van der Waals surface area (Å²) < 4.78 is 0. The van der Waals surface area contributed by atoms with Crippen LogP contribution in [-0.2, 0) is 11.2 Å². The lowest BCUT2D eigenvalue weighted by Crippen LogP contribution is -2.49. The topological polar surface area (TPSA) is 23.6 Å². The molecule has 0 saturated carbocycles. The number of benzene rings is 1. The molecule has 0 aliphatic carbocycles. The molecule has 20 heavy (non-hydrogen) atoms. The fourth-order valence-electron chi connectivity index (χ4n) is 2.59. The Bertz CT molecular complexity index is 402. The van der Waals surface area contributed by atoms with Crippen molar-refractivity contribution in [2.75, 3.05) is 38.1 Å². The fraction of sp³-hybridized carbons (Fsp3) is 0.562. The molecule has 0 spiro atoms. The molecule has 2 rings (SSSR count). The van der Waals surface area contributed by atoms with Crippen molar-refractivity contribution in [1.82, 2.24) is 9.80 Å². The van der Waals surface area contributed by atoms with Crippen molar-refractivity contribution in [3.05, 3.63) is 35.9 Å². The Morgan fingerprint density at radius 3 is 2.45 bits per heavy atom. The second kappa shape index (κ2) is 8.42. The van der Waals surface area contributed by atoms with Crippen molar-refractivity contribution in [3.8, 4) is 0 Å². The number of aryl methyl sites for hydroxylation is 1. The molecule has 3 nitrogen and oxygen atoms in total. The predicted octanol–water partition coefficient (Wildman–Crippen LogP) is 2.55. The van der Waals surface area contributed by atoms with E-state index in [1.165, 1.54) is 5.56 Å². The van der Waals surface area contributed by atoms with Crippen molar-refractivity contribution in [2.24, 2.45) is 0 Å². The molecule has 1 fully saturated rings. The Kier molecular flexibility index (Phi) is 6.54. The number of amides is 1. The van der Waals surface area contributed by atoms with Gasteiger partial charge in [0.25, 0.3) is 0 Å². The van der Waals surface area contributed by atoms with E-state index in [1.54, 1.807) is 0 Å². The minimum Gasteiger partial charge on any atom is -0.340 e. The zero-order valence-corrected chi connectivity index (χ0v) is 13.5. The Labute approximate surface area is 130 Å². The predicted molar refractivity (Wildman–Crippen MR) is 86.2 cm³/mol. The third-order valence-corrected chi connectivity index (χ3v) is 4.18. The van der Waals surface area contributed by atoms with Crippen LogP contribution in [0.25, 0.3) is 0 Å². The Balaban J connectivity index is 1.66. The van der Waals surface area contributed by atoms with Crippen LogP contribution >= 0.6 is 15.9 Å². The summed E-state index contributed by atoms with van der Waals surface area (Å²) in [6.45, 7) is 4.87. The van der Waals surface area contributed by atoms with Crippen LogP contribution in [0.15, 0.2) is 30.3 Å². The molecule has 0 aromatic heterocycles. The van der Waals surface area contributed by atoms with Crippen molar-refractivity contribution < 1.29 is 4.79 Å². The molecule has 1 amide bonds. The van der Waals surface area contributed by atoms with Gasteiger partial charge in [0.2, 0.25) is 5.91 Å². The minimum absolute atomic E-state index is 0.319. The monoisotopic (exact) mass is 338 g/mol. The summed E-state index contributed by atoms with van der Waals surface area (Å²) in [7, 11) is 0. The molecule has 0 radical (unpaired) electrons. The number of carbonyl (C=O) groups is 1. The lowest BCUT2D eigenvalue weighted by Gasteiger charge is -2.34. The van der Waals surface area contributed by atoms with Crippen LogP contribution in [0.2, 0.25) is 0 Å². The normalized spacial score (nSPS) is 16.4. The van der Waals surface area contributed by atoms with Crippen LogP contribution in [-0.4, -0.2) is 53.8 Å². The lowest BCUT2D eigenvalue weighted by atomic mass is 10.1. The standard InChI is InChI=1S/C16H23BrN2O/c17-9-10-18-11-13-19(14-12-18)16(20)8-4-7-15-5-2-1-3-6-15/h1-3,5-6H,4,7-14H2. The molecule has 1 saturated heterocycles. The molecule has 0 bridgehead atoms. The molecule has 1 aromatic rings. The highest BCUT2D eigenvalue weighted by Gasteiger charge is 2.19. The van der Waals surface area contributed by atoms with E-state index in [9.17, 15) is 4.79 Å². The summed E-state index contributed by atoms with van der Waals surface area (Å²) >= 11 is 3.46. The van der Waals surface area contributed by atoms with Gasteiger partial charge in [-0.1, -0.05) is 46.3 Å². The van der Waals surface area contributed by atoms with Gasteiger partial charge in [-0.2, -0.15) is 0 Å². The number of hydrogen-bond donors (Lipinski definition) is 0. The molecule has 0 atom stereocenters. The van der Waals surface area contributed by atoms with Gasteiger partial charge in [0.15, 0.2) is 0 Å². The lowest BCUT2D eigenvalue weighted by molar-refractivity contribution is -0.133. The van der Waals surface area contributed by atoms with Crippen molar-refractivity contribution in [3.63, 3.8) is 0 Å². The van der Waals surface area contributed by atoms with Crippen LogP contribution in [0.1, 0.15) is 18.4 Å². The molecule has 1 aromatic carbocycles.